The van der Waals surface area contributed by atoms with Crippen molar-refractivity contribution in [2.75, 3.05) is 12.5 Å². The molecule has 27 heavy (non-hydrogen) atoms. The van der Waals surface area contributed by atoms with Crippen LogP contribution in [0, 0.1) is 0 Å². The second-order valence-corrected chi connectivity index (χ2v) is 5.74. The van der Waals surface area contributed by atoms with Gasteiger partial charge in [0.15, 0.2) is 0 Å². The standard InChI is InChI=1S/C20H16N4O3/c1-26-19(25)14-8-6-13(7-9-14)18-11-10-15(27-18)12-21-24-20-22-16-4-2-3-5-17(16)23-20/h2-12H,1H3,(H2,22,23,24)/b21-12-. The van der Waals surface area contributed by atoms with Crippen LogP contribution in [0.4, 0.5) is 5.95 Å². The van der Waals surface area contributed by atoms with Crippen molar-refractivity contribution in [3.8, 4) is 11.3 Å². The Bertz CT molecular complexity index is 1080. The molecule has 0 aliphatic carbocycles. The number of para-hydroxylation sites is 2. The number of hydrogen-bond donors (Lipinski definition) is 2. The van der Waals surface area contributed by atoms with E-state index in [1.54, 1.807) is 30.5 Å². The van der Waals surface area contributed by atoms with Crippen LogP contribution in [0.3, 0.4) is 0 Å². The lowest BCUT2D eigenvalue weighted by Gasteiger charge is -2.00. The van der Waals surface area contributed by atoms with Crippen molar-refractivity contribution in [2.24, 2.45) is 5.10 Å². The van der Waals surface area contributed by atoms with Crippen molar-refractivity contribution in [3.05, 3.63) is 72.0 Å². The van der Waals surface area contributed by atoms with Gasteiger partial charge in [-0.25, -0.2) is 15.2 Å². The smallest absolute Gasteiger partial charge is 0.337 e. The monoisotopic (exact) mass is 360 g/mol. The number of imidazole rings is 1. The zero-order valence-corrected chi connectivity index (χ0v) is 14.5. The molecule has 2 N–H and O–H groups in total. The molecule has 7 heteroatoms. The van der Waals surface area contributed by atoms with Gasteiger partial charge in [0.05, 0.1) is 29.9 Å². The van der Waals surface area contributed by atoms with E-state index in [-0.39, 0.29) is 5.97 Å². The van der Waals surface area contributed by atoms with Gasteiger partial charge in [0, 0.05) is 5.56 Å². The first-order valence-electron chi connectivity index (χ1n) is 8.25. The number of aromatic nitrogens is 2. The molecule has 7 nitrogen and oxygen atoms in total. The van der Waals surface area contributed by atoms with Gasteiger partial charge in [-0.1, -0.05) is 24.3 Å². The Kier molecular flexibility index (Phi) is 4.40. The maximum atomic E-state index is 11.5. The minimum atomic E-state index is -0.370. The summed E-state index contributed by atoms with van der Waals surface area (Å²) < 4.78 is 10.4. The summed E-state index contributed by atoms with van der Waals surface area (Å²) in [6.07, 6.45) is 1.57. The molecule has 4 aromatic rings. The molecule has 0 aliphatic heterocycles. The van der Waals surface area contributed by atoms with Crippen molar-refractivity contribution in [1.29, 1.82) is 0 Å². The molecule has 0 atom stereocenters. The Morgan fingerprint density at radius 2 is 1.96 bits per heavy atom. The SMILES string of the molecule is COC(=O)c1ccc(-c2ccc(/C=N\Nc3nc4ccccc4[nH]3)o2)cc1. The Morgan fingerprint density at radius 1 is 1.15 bits per heavy atom. The number of benzene rings is 2. The largest absolute Gasteiger partial charge is 0.465 e. The summed E-state index contributed by atoms with van der Waals surface area (Å²) in [6.45, 7) is 0. The average Bonchev–Trinajstić information content (AvgIpc) is 3.34. The van der Waals surface area contributed by atoms with Gasteiger partial charge >= 0.3 is 5.97 Å². The topological polar surface area (TPSA) is 92.5 Å². The van der Waals surface area contributed by atoms with Gasteiger partial charge in [-0.05, 0) is 36.4 Å². The van der Waals surface area contributed by atoms with Crippen LogP contribution in [0.2, 0.25) is 0 Å². The number of H-pyrrole nitrogens is 1. The van der Waals surface area contributed by atoms with E-state index in [4.69, 9.17) is 9.15 Å². The number of furan rings is 1. The Balaban J connectivity index is 1.44. The second-order valence-electron chi connectivity index (χ2n) is 5.74. The summed E-state index contributed by atoms with van der Waals surface area (Å²) in [5, 5.41) is 4.14. The van der Waals surface area contributed by atoms with Crippen molar-refractivity contribution in [1.82, 2.24) is 9.97 Å². The molecular formula is C20H16N4O3. The summed E-state index contributed by atoms with van der Waals surface area (Å²) in [7, 11) is 1.35. The number of ether oxygens (including phenoxy) is 1. The van der Waals surface area contributed by atoms with Crippen LogP contribution in [-0.2, 0) is 4.74 Å². The van der Waals surface area contributed by atoms with Crippen molar-refractivity contribution >= 4 is 29.2 Å². The summed E-state index contributed by atoms with van der Waals surface area (Å²) >= 11 is 0. The minimum absolute atomic E-state index is 0.370. The highest BCUT2D eigenvalue weighted by molar-refractivity contribution is 5.90. The van der Waals surface area contributed by atoms with E-state index >= 15 is 0 Å². The van der Waals surface area contributed by atoms with Crippen molar-refractivity contribution in [2.45, 2.75) is 0 Å². The molecular weight excluding hydrogens is 344 g/mol. The Hall–Kier alpha value is -3.87. The number of methoxy groups -OCH3 is 1. The average molecular weight is 360 g/mol. The lowest BCUT2D eigenvalue weighted by Crippen LogP contribution is -2.00. The number of nitrogens with zero attached hydrogens (tertiary/aromatic N) is 2. The highest BCUT2D eigenvalue weighted by Crippen LogP contribution is 2.22. The summed E-state index contributed by atoms with van der Waals surface area (Å²) in [4.78, 5) is 19.0. The molecule has 2 aromatic heterocycles. The molecule has 0 aliphatic rings. The molecule has 2 aromatic carbocycles. The summed E-state index contributed by atoms with van der Waals surface area (Å²) in [6, 6.07) is 18.4. The molecule has 0 spiro atoms. The number of rotatable bonds is 5. The summed E-state index contributed by atoms with van der Waals surface area (Å²) in [5.41, 5.74) is 6.00. The van der Waals surface area contributed by atoms with Gasteiger partial charge in [-0.15, -0.1) is 0 Å². The van der Waals surface area contributed by atoms with Gasteiger partial charge in [-0.3, -0.25) is 0 Å². The third kappa shape index (κ3) is 3.57. The van der Waals surface area contributed by atoms with Crippen LogP contribution in [0.25, 0.3) is 22.4 Å². The maximum absolute atomic E-state index is 11.5. The van der Waals surface area contributed by atoms with Crippen LogP contribution < -0.4 is 5.43 Å². The number of carbonyl (C=O) groups excluding carboxylic acids is 1. The third-order valence-corrected chi connectivity index (χ3v) is 3.97. The zero-order valence-electron chi connectivity index (χ0n) is 14.5. The van der Waals surface area contributed by atoms with E-state index in [0.29, 0.717) is 23.0 Å². The van der Waals surface area contributed by atoms with E-state index in [9.17, 15) is 4.79 Å². The molecule has 134 valence electrons. The van der Waals surface area contributed by atoms with Gasteiger partial charge in [0.25, 0.3) is 0 Å². The molecule has 2 heterocycles. The van der Waals surface area contributed by atoms with Crippen LogP contribution in [0.5, 0.6) is 0 Å². The molecule has 0 saturated carbocycles. The van der Waals surface area contributed by atoms with E-state index in [2.05, 4.69) is 20.5 Å². The van der Waals surface area contributed by atoms with Crippen LogP contribution >= 0.6 is 0 Å². The zero-order chi connectivity index (χ0) is 18.6. The predicted molar refractivity (Wildman–Crippen MR) is 103 cm³/mol. The molecule has 0 unspecified atom stereocenters. The second kappa shape index (κ2) is 7.17. The lowest BCUT2D eigenvalue weighted by atomic mass is 10.1. The van der Waals surface area contributed by atoms with Crippen LogP contribution in [-0.4, -0.2) is 29.3 Å². The first kappa shape index (κ1) is 16.6. The number of hydrogen-bond acceptors (Lipinski definition) is 6. The van der Waals surface area contributed by atoms with Gasteiger partial charge in [0.2, 0.25) is 5.95 Å². The van der Waals surface area contributed by atoms with E-state index in [1.165, 1.54) is 7.11 Å². The number of aromatic amines is 1. The molecule has 0 saturated heterocycles. The summed E-state index contributed by atoms with van der Waals surface area (Å²) in [5.74, 6) is 1.45. The number of hydrazone groups is 1. The molecule has 0 bridgehead atoms. The fourth-order valence-electron chi connectivity index (χ4n) is 2.63. The molecule has 0 amide bonds. The number of esters is 1. The normalized spacial score (nSPS) is 11.1. The van der Waals surface area contributed by atoms with Gasteiger partial charge < -0.3 is 14.1 Å². The van der Waals surface area contributed by atoms with E-state index < -0.39 is 0 Å². The van der Waals surface area contributed by atoms with Gasteiger partial charge in [0.1, 0.15) is 11.5 Å². The van der Waals surface area contributed by atoms with E-state index in [0.717, 1.165) is 16.6 Å². The fraction of sp³-hybridized carbons (Fsp3) is 0.0500. The van der Waals surface area contributed by atoms with Crippen LogP contribution in [0.1, 0.15) is 16.1 Å². The number of fused-ring (bicyclic) bond motifs is 1. The van der Waals surface area contributed by atoms with Gasteiger partial charge in [-0.2, -0.15) is 5.10 Å². The maximum Gasteiger partial charge on any atom is 0.337 e. The first-order chi connectivity index (χ1) is 13.2. The predicted octanol–water partition coefficient (Wildman–Crippen LogP) is 4.06. The fourth-order valence-corrected chi connectivity index (χ4v) is 2.63. The number of nitrogens with one attached hydrogen (secondary N) is 2. The Labute approximate surface area is 154 Å². The number of anilines is 1. The quantitative estimate of drug-likeness (QED) is 0.318. The van der Waals surface area contributed by atoms with E-state index in [1.807, 2.05) is 36.4 Å². The van der Waals surface area contributed by atoms with Crippen LogP contribution in [0.15, 0.2) is 70.2 Å². The highest BCUT2D eigenvalue weighted by atomic mass is 16.5. The minimum Gasteiger partial charge on any atom is -0.465 e. The third-order valence-electron chi connectivity index (χ3n) is 3.97. The van der Waals surface area contributed by atoms with Crippen molar-refractivity contribution in [3.63, 3.8) is 0 Å². The molecule has 0 radical (unpaired) electrons. The number of carbonyl (C=O) groups is 1. The first-order valence-corrected chi connectivity index (χ1v) is 8.25. The Morgan fingerprint density at radius 3 is 2.74 bits per heavy atom. The van der Waals surface area contributed by atoms with Crippen molar-refractivity contribution < 1.29 is 13.9 Å². The molecule has 0 fully saturated rings. The molecule has 4 rings (SSSR count). The highest BCUT2D eigenvalue weighted by Gasteiger charge is 2.07. The lowest BCUT2D eigenvalue weighted by molar-refractivity contribution is 0.0600.